The van der Waals surface area contributed by atoms with E-state index in [2.05, 4.69) is 25.1 Å². The molecule has 1 aromatic carbocycles. The van der Waals surface area contributed by atoms with Crippen molar-refractivity contribution < 1.29 is 9.53 Å². The van der Waals surface area contributed by atoms with Gasteiger partial charge < -0.3 is 10.5 Å². The molecule has 1 atom stereocenters. The first kappa shape index (κ1) is 14.1. The number of carbonyl (C=O) groups excluding carboxylic acids is 1. The lowest BCUT2D eigenvalue weighted by Gasteiger charge is -2.10. The summed E-state index contributed by atoms with van der Waals surface area (Å²) in [6, 6.07) is 7.80. The van der Waals surface area contributed by atoms with E-state index in [1.807, 2.05) is 6.07 Å². The highest BCUT2D eigenvalue weighted by Crippen LogP contribution is 2.14. The first-order chi connectivity index (χ1) is 8.13. The molecule has 94 valence electrons. The van der Waals surface area contributed by atoms with E-state index in [9.17, 15) is 4.79 Å². The third-order valence-electron chi connectivity index (χ3n) is 2.24. The SMILES string of the molecule is CCOC(=O)C(N)CSCc1cccc(C)c1. The number of thioether (sulfide) groups is 1. The van der Waals surface area contributed by atoms with Crippen LogP contribution in [0.3, 0.4) is 0 Å². The second kappa shape index (κ2) is 7.35. The zero-order valence-corrected chi connectivity index (χ0v) is 11.1. The number of nitrogens with two attached hydrogens (primary N) is 1. The first-order valence-corrected chi connectivity index (χ1v) is 6.84. The molecule has 2 N–H and O–H groups in total. The van der Waals surface area contributed by atoms with Crippen LogP contribution in [0.25, 0.3) is 0 Å². The van der Waals surface area contributed by atoms with Gasteiger partial charge in [-0.2, -0.15) is 11.8 Å². The highest BCUT2D eigenvalue weighted by Gasteiger charge is 2.13. The molecule has 0 saturated carbocycles. The van der Waals surface area contributed by atoms with Crippen LogP contribution in [-0.2, 0) is 15.3 Å². The second-order valence-corrected chi connectivity index (χ2v) is 4.89. The van der Waals surface area contributed by atoms with Crippen molar-refractivity contribution in [3.8, 4) is 0 Å². The Labute approximate surface area is 107 Å². The highest BCUT2D eigenvalue weighted by atomic mass is 32.2. The maximum absolute atomic E-state index is 11.3. The fourth-order valence-electron chi connectivity index (χ4n) is 1.42. The molecule has 0 spiro atoms. The van der Waals surface area contributed by atoms with Gasteiger partial charge in [0.25, 0.3) is 0 Å². The smallest absolute Gasteiger partial charge is 0.323 e. The second-order valence-electron chi connectivity index (χ2n) is 3.86. The predicted octanol–water partition coefficient (Wildman–Crippen LogP) is 2.12. The van der Waals surface area contributed by atoms with Gasteiger partial charge in [0, 0.05) is 11.5 Å². The normalized spacial score (nSPS) is 12.2. The van der Waals surface area contributed by atoms with Gasteiger partial charge in [0.15, 0.2) is 0 Å². The van der Waals surface area contributed by atoms with Crippen LogP contribution in [0.1, 0.15) is 18.1 Å². The number of rotatable bonds is 6. The Kier molecular flexibility index (Phi) is 6.08. The van der Waals surface area contributed by atoms with Crippen LogP contribution >= 0.6 is 11.8 Å². The van der Waals surface area contributed by atoms with Gasteiger partial charge in [0.05, 0.1) is 6.61 Å². The van der Waals surface area contributed by atoms with E-state index in [1.165, 1.54) is 11.1 Å². The van der Waals surface area contributed by atoms with Gasteiger partial charge >= 0.3 is 5.97 Å². The molecule has 0 aliphatic heterocycles. The fraction of sp³-hybridized carbons (Fsp3) is 0.462. The van der Waals surface area contributed by atoms with Gasteiger partial charge in [-0.3, -0.25) is 4.79 Å². The minimum atomic E-state index is -0.523. The highest BCUT2D eigenvalue weighted by molar-refractivity contribution is 7.98. The summed E-state index contributed by atoms with van der Waals surface area (Å²) in [5, 5.41) is 0. The molecule has 17 heavy (non-hydrogen) atoms. The number of ether oxygens (including phenoxy) is 1. The molecule has 1 aromatic rings. The van der Waals surface area contributed by atoms with Crippen molar-refractivity contribution >= 4 is 17.7 Å². The molecular weight excluding hydrogens is 234 g/mol. The molecule has 0 aromatic heterocycles. The van der Waals surface area contributed by atoms with Gasteiger partial charge in [0.1, 0.15) is 6.04 Å². The number of aryl methyl sites for hydroxylation is 1. The average molecular weight is 253 g/mol. The van der Waals surface area contributed by atoms with E-state index >= 15 is 0 Å². The van der Waals surface area contributed by atoms with Crippen LogP contribution in [0.4, 0.5) is 0 Å². The Morgan fingerprint density at radius 1 is 1.53 bits per heavy atom. The summed E-state index contributed by atoms with van der Waals surface area (Å²) >= 11 is 1.65. The summed E-state index contributed by atoms with van der Waals surface area (Å²) in [5.74, 6) is 1.14. The van der Waals surface area contributed by atoms with Gasteiger partial charge in [-0.15, -0.1) is 0 Å². The Balaban J connectivity index is 2.30. The summed E-state index contributed by atoms with van der Waals surface area (Å²) < 4.78 is 4.85. The van der Waals surface area contributed by atoms with Gasteiger partial charge in [-0.1, -0.05) is 29.8 Å². The number of esters is 1. The molecule has 0 fully saturated rings. The fourth-order valence-corrected chi connectivity index (χ4v) is 2.35. The molecular formula is C13H19NO2S. The number of hydrogen-bond donors (Lipinski definition) is 1. The molecule has 0 aliphatic carbocycles. The van der Waals surface area contributed by atoms with Crippen LogP contribution in [0, 0.1) is 6.92 Å². The van der Waals surface area contributed by atoms with Gasteiger partial charge in [0.2, 0.25) is 0 Å². The molecule has 0 saturated heterocycles. The average Bonchev–Trinajstić information content (AvgIpc) is 2.29. The molecule has 0 aliphatic rings. The monoisotopic (exact) mass is 253 g/mol. The summed E-state index contributed by atoms with van der Waals surface area (Å²) in [6.07, 6.45) is 0. The van der Waals surface area contributed by atoms with E-state index in [0.29, 0.717) is 12.4 Å². The Bertz CT molecular complexity index is 368. The summed E-state index contributed by atoms with van der Waals surface area (Å²) in [4.78, 5) is 11.3. The van der Waals surface area contributed by atoms with Crippen LogP contribution < -0.4 is 5.73 Å². The number of hydrogen-bond acceptors (Lipinski definition) is 4. The topological polar surface area (TPSA) is 52.3 Å². The molecule has 3 nitrogen and oxygen atoms in total. The lowest BCUT2D eigenvalue weighted by molar-refractivity contribution is -0.144. The van der Waals surface area contributed by atoms with Crippen LogP contribution in [0.15, 0.2) is 24.3 Å². The van der Waals surface area contributed by atoms with Crippen LogP contribution in [-0.4, -0.2) is 24.4 Å². The zero-order chi connectivity index (χ0) is 12.7. The standard InChI is InChI=1S/C13H19NO2S/c1-3-16-13(15)12(14)9-17-8-11-6-4-5-10(2)7-11/h4-7,12H,3,8-9,14H2,1-2H3. The first-order valence-electron chi connectivity index (χ1n) is 5.69. The van der Waals surface area contributed by atoms with Crippen LogP contribution in [0.5, 0.6) is 0 Å². The van der Waals surface area contributed by atoms with E-state index in [-0.39, 0.29) is 5.97 Å². The minimum Gasteiger partial charge on any atom is -0.465 e. The lowest BCUT2D eigenvalue weighted by atomic mass is 10.2. The number of carbonyl (C=O) groups is 1. The predicted molar refractivity (Wildman–Crippen MR) is 71.9 cm³/mol. The molecule has 0 bridgehead atoms. The van der Waals surface area contributed by atoms with Crippen molar-refractivity contribution in [3.05, 3.63) is 35.4 Å². The summed E-state index contributed by atoms with van der Waals surface area (Å²) in [7, 11) is 0. The largest absolute Gasteiger partial charge is 0.465 e. The van der Waals surface area contributed by atoms with E-state index in [1.54, 1.807) is 18.7 Å². The van der Waals surface area contributed by atoms with E-state index < -0.39 is 6.04 Å². The minimum absolute atomic E-state index is 0.316. The van der Waals surface area contributed by atoms with Crippen molar-refractivity contribution in [2.75, 3.05) is 12.4 Å². The maximum atomic E-state index is 11.3. The van der Waals surface area contributed by atoms with Crippen molar-refractivity contribution in [1.82, 2.24) is 0 Å². The van der Waals surface area contributed by atoms with Gasteiger partial charge in [-0.25, -0.2) is 0 Å². The zero-order valence-electron chi connectivity index (χ0n) is 10.3. The van der Waals surface area contributed by atoms with Gasteiger partial charge in [-0.05, 0) is 19.4 Å². The summed E-state index contributed by atoms with van der Waals surface area (Å²) in [6.45, 7) is 4.23. The Morgan fingerprint density at radius 3 is 2.94 bits per heavy atom. The van der Waals surface area contributed by atoms with Crippen molar-refractivity contribution in [1.29, 1.82) is 0 Å². The lowest BCUT2D eigenvalue weighted by Crippen LogP contribution is -2.34. The van der Waals surface area contributed by atoms with Crippen LogP contribution in [0.2, 0.25) is 0 Å². The van der Waals surface area contributed by atoms with E-state index in [4.69, 9.17) is 10.5 Å². The van der Waals surface area contributed by atoms with E-state index in [0.717, 1.165) is 5.75 Å². The summed E-state index contributed by atoms with van der Waals surface area (Å²) in [5.41, 5.74) is 8.21. The molecule has 0 radical (unpaired) electrons. The molecule has 4 heteroatoms. The third-order valence-corrected chi connectivity index (χ3v) is 3.37. The van der Waals surface area contributed by atoms with Crippen molar-refractivity contribution in [3.63, 3.8) is 0 Å². The number of benzene rings is 1. The molecule has 0 heterocycles. The Hall–Kier alpha value is -1.00. The molecule has 1 rings (SSSR count). The third kappa shape index (κ3) is 5.24. The van der Waals surface area contributed by atoms with Crippen molar-refractivity contribution in [2.24, 2.45) is 5.73 Å². The quantitative estimate of drug-likeness (QED) is 0.789. The maximum Gasteiger partial charge on any atom is 0.323 e. The molecule has 0 amide bonds. The van der Waals surface area contributed by atoms with Crippen molar-refractivity contribution in [2.45, 2.75) is 25.6 Å². The Morgan fingerprint density at radius 2 is 2.29 bits per heavy atom. The molecule has 1 unspecified atom stereocenters.